The highest BCUT2D eigenvalue weighted by Crippen LogP contribution is 2.38. The lowest BCUT2D eigenvalue weighted by molar-refractivity contribution is 0.0472. The highest BCUT2D eigenvalue weighted by molar-refractivity contribution is 6.07. The van der Waals surface area contributed by atoms with E-state index in [9.17, 15) is 4.79 Å². The van der Waals surface area contributed by atoms with E-state index in [1.807, 2.05) is 42.5 Å². The maximum atomic E-state index is 13.6. The second-order valence-corrected chi connectivity index (χ2v) is 10.8. The molecule has 0 spiro atoms. The van der Waals surface area contributed by atoms with Gasteiger partial charge in [0.15, 0.2) is 0 Å². The number of ether oxygens (including phenoxy) is 1. The minimum Gasteiger partial charge on any atom is -0.457 e. The molecule has 0 N–H and O–H groups in total. The number of carbonyl (C=O) groups excluding carboxylic acids is 1. The Kier molecular flexibility index (Phi) is 6.26. The summed E-state index contributed by atoms with van der Waals surface area (Å²) in [6.45, 7) is 11.1. The average Bonchev–Trinajstić information content (AvgIpc) is 3.23. The van der Waals surface area contributed by atoms with Gasteiger partial charge in [0.1, 0.15) is 6.61 Å². The Balaban J connectivity index is 1.51. The fraction of sp³-hybridized carbons (Fsp3) is 0.273. The van der Waals surface area contributed by atoms with Crippen molar-refractivity contribution in [2.24, 2.45) is 0 Å². The van der Waals surface area contributed by atoms with E-state index in [-0.39, 0.29) is 18.0 Å². The van der Waals surface area contributed by atoms with Crippen molar-refractivity contribution in [3.63, 3.8) is 0 Å². The number of nitrogens with zero attached hydrogens (tertiary/aromatic N) is 1. The Morgan fingerprint density at radius 3 is 2.31 bits per heavy atom. The predicted molar refractivity (Wildman–Crippen MR) is 148 cm³/mol. The van der Waals surface area contributed by atoms with Crippen molar-refractivity contribution in [2.75, 3.05) is 0 Å². The normalized spacial score (nSPS) is 14.3. The molecule has 1 aliphatic carbocycles. The Hall–Kier alpha value is -3.72. The number of allylic oxidation sites excluding steroid dienone is 1. The largest absolute Gasteiger partial charge is 0.457 e. The molecule has 3 nitrogen and oxygen atoms in total. The highest BCUT2D eigenvalue weighted by Gasteiger charge is 2.28. The molecule has 36 heavy (non-hydrogen) atoms. The van der Waals surface area contributed by atoms with Gasteiger partial charge in [0.25, 0.3) is 0 Å². The molecule has 0 amide bonds. The van der Waals surface area contributed by atoms with Crippen molar-refractivity contribution >= 4 is 28.5 Å². The first-order valence-electron chi connectivity index (χ1n) is 12.7. The number of para-hydroxylation sites is 1. The lowest BCUT2D eigenvalue weighted by Crippen LogP contribution is -2.14. The zero-order valence-electron chi connectivity index (χ0n) is 21.8. The van der Waals surface area contributed by atoms with Gasteiger partial charge < -0.3 is 4.74 Å². The molecular weight excluding hydrogens is 442 g/mol. The molecule has 4 aromatic rings. The minimum absolute atomic E-state index is 0.0756. The van der Waals surface area contributed by atoms with E-state index in [0.29, 0.717) is 5.56 Å². The van der Waals surface area contributed by atoms with Gasteiger partial charge >= 0.3 is 5.97 Å². The third-order valence-electron chi connectivity index (χ3n) is 7.20. The molecule has 0 atom stereocenters. The lowest BCUT2D eigenvalue weighted by Gasteiger charge is -2.22. The fourth-order valence-electron chi connectivity index (χ4n) is 5.13. The van der Waals surface area contributed by atoms with Crippen molar-refractivity contribution in [3.05, 3.63) is 111 Å². The third kappa shape index (κ3) is 4.58. The summed E-state index contributed by atoms with van der Waals surface area (Å²) in [5, 5.41) is 0.860. The van der Waals surface area contributed by atoms with Gasteiger partial charge in [0.2, 0.25) is 0 Å². The van der Waals surface area contributed by atoms with E-state index < -0.39 is 0 Å². The Morgan fingerprint density at radius 1 is 0.944 bits per heavy atom. The van der Waals surface area contributed by atoms with Crippen LogP contribution in [0.5, 0.6) is 0 Å². The number of benzene rings is 3. The molecule has 0 fully saturated rings. The van der Waals surface area contributed by atoms with Crippen LogP contribution in [0.15, 0.2) is 66.7 Å². The summed E-state index contributed by atoms with van der Waals surface area (Å²) in [4.78, 5) is 18.6. The molecular formula is C33H33NO2. The number of fused-ring (bicyclic) bond motifs is 2. The standard InChI is InChI=1S/C33H33NO2/c1-21-17-25(33(3,4)5)18-22(2)28(21)20-36-32(35)30-26-13-9-10-14-29(26)34-31-24(15-16-27(30)31)19-23-11-7-6-8-12-23/h6-14,17-19H,15-16,20H2,1-5H3. The van der Waals surface area contributed by atoms with Crippen LogP contribution in [0.4, 0.5) is 0 Å². The summed E-state index contributed by atoms with van der Waals surface area (Å²) < 4.78 is 6.00. The van der Waals surface area contributed by atoms with Gasteiger partial charge in [-0.2, -0.15) is 0 Å². The smallest absolute Gasteiger partial charge is 0.339 e. The summed E-state index contributed by atoms with van der Waals surface area (Å²) >= 11 is 0. The Labute approximate surface area is 213 Å². The van der Waals surface area contributed by atoms with Crippen LogP contribution < -0.4 is 0 Å². The summed E-state index contributed by atoms with van der Waals surface area (Å²) in [5.41, 5.74) is 10.5. The molecule has 182 valence electrons. The van der Waals surface area contributed by atoms with E-state index in [0.717, 1.165) is 57.3 Å². The molecule has 0 aliphatic heterocycles. The lowest BCUT2D eigenvalue weighted by atomic mass is 9.84. The second-order valence-electron chi connectivity index (χ2n) is 10.8. The quantitative estimate of drug-likeness (QED) is 0.281. The van der Waals surface area contributed by atoms with E-state index in [4.69, 9.17) is 9.72 Å². The van der Waals surface area contributed by atoms with Crippen molar-refractivity contribution in [1.29, 1.82) is 0 Å². The molecule has 1 aliphatic rings. The number of aryl methyl sites for hydroxylation is 2. The SMILES string of the molecule is Cc1cc(C(C)(C)C)cc(C)c1COC(=O)c1c2c(nc3ccccc13)C(=Cc1ccccc1)CC2. The third-order valence-corrected chi connectivity index (χ3v) is 7.20. The van der Waals surface area contributed by atoms with Gasteiger partial charge in [-0.25, -0.2) is 9.78 Å². The second kappa shape index (κ2) is 9.39. The molecule has 3 aromatic carbocycles. The first-order chi connectivity index (χ1) is 17.2. The maximum absolute atomic E-state index is 13.6. The molecule has 1 heterocycles. The van der Waals surface area contributed by atoms with E-state index in [2.05, 4.69) is 65.0 Å². The number of pyridine rings is 1. The van der Waals surface area contributed by atoms with Gasteiger partial charge in [-0.05, 0) is 83.2 Å². The number of hydrogen-bond acceptors (Lipinski definition) is 3. The molecule has 0 saturated heterocycles. The molecule has 5 rings (SSSR count). The van der Waals surface area contributed by atoms with Crippen molar-refractivity contribution in [2.45, 2.75) is 59.5 Å². The summed E-state index contributed by atoms with van der Waals surface area (Å²) in [7, 11) is 0. The zero-order valence-corrected chi connectivity index (χ0v) is 21.8. The average molecular weight is 476 g/mol. The van der Waals surface area contributed by atoms with Crippen LogP contribution in [0.3, 0.4) is 0 Å². The van der Waals surface area contributed by atoms with Gasteiger partial charge in [-0.15, -0.1) is 0 Å². The summed E-state index contributed by atoms with van der Waals surface area (Å²) in [6.07, 6.45) is 3.83. The fourth-order valence-corrected chi connectivity index (χ4v) is 5.13. The molecule has 0 radical (unpaired) electrons. The predicted octanol–water partition coefficient (Wildman–Crippen LogP) is 7.99. The summed E-state index contributed by atoms with van der Waals surface area (Å²) in [6, 6.07) is 22.6. The number of esters is 1. The molecule has 3 heteroatoms. The number of hydrogen-bond donors (Lipinski definition) is 0. The van der Waals surface area contributed by atoms with Crippen LogP contribution >= 0.6 is 0 Å². The van der Waals surface area contributed by atoms with Crippen molar-refractivity contribution in [1.82, 2.24) is 4.98 Å². The van der Waals surface area contributed by atoms with Crippen molar-refractivity contribution < 1.29 is 9.53 Å². The molecule has 1 aromatic heterocycles. The number of rotatable bonds is 4. The minimum atomic E-state index is -0.274. The summed E-state index contributed by atoms with van der Waals surface area (Å²) in [5.74, 6) is -0.274. The van der Waals surface area contributed by atoms with E-state index >= 15 is 0 Å². The van der Waals surface area contributed by atoms with Gasteiger partial charge in [-0.3, -0.25) is 0 Å². The Bertz CT molecular complexity index is 1470. The van der Waals surface area contributed by atoms with Gasteiger partial charge in [0, 0.05) is 5.39 Å². The van der Waals surface area contributed by atoms with Crippen LogP contribution in [0.1, 0.15) is 76.6 Å². The van der Waals surface area contributed by atoms with Crippen LogP contribution in [0.25, 0.3) is 22.6 Å². The maximum Gasteiger partial charge on any atom is 0.339 e. The topological polar surface area (TPSA) is 39.2 Å². The van der Waals surface area contributed by atoms with Crippen LogP contribution in [-0.4, -0.2) is 11.0 Å². The zero-order chi connectivity index (χ0) is 25.4. The van der Waals surface area contributed by atoms with E-state index in [1.54, 1.807) is 0 Å². The first-order valence-corrected chi connectivity index (χ1v) is 12.7. The molecule has 0 unspecified atom stereocenters. The van der Waals surface area contributed by atoms with E-state index in [1.165, 1.54) is 11.1 Å². The van der Waals surface area contributed by atoms with Crippen LogP contribution in [0.2, 0.25) is 0 Å². The van der Waals surface area contributed by atoms with Crippen LogP contribution in [0, 0.1) is 13.8 Å². The number of carbonyl (C=O) groups is 1. The molecule has 0 saturated carbocycles. The Morgan fingerprint density at radius 2 is 1.61 bits per heavy atom. The van der Waals surface area contributed by atoms with Gasteiger partial charge in [0.05, 0.1) is 16.8 Å². The first kappa shape index (κ1) is 24.0. The molecule has 0 bridgehead atoms. The number of aromatic nitrogens is 1. The van der Waals surface area contributed by atoms with Crippen molar-refractivity contribution in [3.8, 4) is 0 Å². The van der Waals surface area contributed by atoms with Crippen LogP contribution in [-0.2, 0) is 23.2 Å². The monoisotopic (exact) mass is 475 g/mol. The van der Waals surface area contributed by atoms with Gasteiger partial charge in [-0.1, -0.05) is 81.4 Å². The highest BCUT2D eigenvalue weighted by atomic mass is 16.5.